The molecule has 0 amide bonds. The van der Waals surface area contributed by atoms with Crippen LogP contribution in [-0.4, -0.2) is 41.5 Å². The summed E-state index contributed by atoms with van der Waals surface area (Å²) in [4.78, 5) is 61.3. The number of methoxy groups -OCH3 is 1. The van der Waals surface area contributed by atoms with Gasteiger partial charge in [-0.15, -0.1) is 0 Å². The van der Waals surface area contributed by atoms with Crippen LogP contribution in [0.3, 0.4) is 0 Å². The van der Waals surface area contributed by atoms with Crippen molar-refractivity contribution in [3.8, 4) is 0 Å². The maximum Gasteiger partial charge on any atom is 0.338 e. The summed E-state index contributed by atoms with van der Waals surface area (Å²) in [6.45, 7) is 3.27. The predicted octanol–water partition coefficient (Wildman–Crippen LogP) is 5.83. The molecule has 0 fully saturated rings. The number of nitro benzene ring substituents is 2. The van der Waals surface area contributed by atoms with E-state index in [1.54, 1.807) is 50.2 Å². The molecule has 0 bridgehead atoms. The lowest BCUT2D eigenvalue weighted by molar-refractivity contribution is -0.385. The van der Waals surface area contributed by atoms with Crippen molar-refractivity contribution in [3.63, 3.8) is 0 Å². The quantitative estimate of drug-likeness (QED) is 0.110. The van der Waals surface area contributed by atoms with Gasteiger partial charge in [0.25, 0.3) is 11.4 Å². The minimum Gasteiger partial charge on any atom is -0.466 e. The summed E-state index contributed by atoms with van der Waals surface area (Å²) in [6.07, 6.45) is -0.529. The highest BCUT2D eigenvalue weighted by Crippen LogP contribution is 2.42. The van der Waals surface area contributed by atoms with E-state index >= 15 is 0 Å². The van der Waals surface area contributed by atoms with E-state index < -0.39 is 39.8 Å². The summed E-state index contributed by atoms with van der Waals surface area (Å²) >= 11 is 0. The fraction of sp³-hybridized carbons (Fsp3) is 0.242. The van der Waals surface area contributed by atoms with Gasteiger partial charge in [0.2, 0.25) is 0 Å². The molecule has 0 saturated carbocycles. The van der Waals surface area contributed by atoms with Crippen LogP contribution < -0.4 is 5.32 Å². The van der Waals surface area contributed by atoms with Crippen molar-refractivity contribution in [2.24, 2.45) is 0 Å². The van der Waals surface area contributed by atoms with Crippen molar-refractivity contribution in [3.05, 3.63) is 138 Å². The normalized spacial score (nSPS) is 15.0. The van der Waals surface area contributed by atoms with E-state index in [1.807, 2.05) is 0 Å². The largest absolute Gasteiger partial charge is 0.466 e. The Hall–Kier alpha value is -5.85. The first-order valence-corrected chi connectivity index (χ1v) is 14.3. The molecule has 13 heteroatoms. The molecule has 0 radical (unpaired) electrons. The lowest BCUT2D eigenvalue weighted by atomic mass is 9.79. The van der Waals surface area contributed by atoms with Gasteiger partial charge in [-0.1, -0.05) is 42.5 Å². The van der Waals surface area contributed by atoms with E-state index in [4.69, 9.17) is 14.2 Å². The van der Waals surface area contributed by atoms with Crippen LogP contribution in [0.25, 0.3) is 0 Å². The number of hydrogen-bond donors (Lipinski definition) is 1. The number of nitrogens with one attached hydrogen (secondary N) is 1. The average molecular weight is 630 g/mol. The van der Waals surface area contributed by atoms with Gasteiger partial charge in [0, 0.05) is 35.7 Å². The van der Waals surface area contributed by atoms with Crippen molar-refractivity contribution in [2.75, 3.05) is 13.7 Å². The number of nitro groups is 2. The molecular weight excluding hydrogens is 598 g/mol. The SMILES string of the molecule is CCOC(=O)C1=C(CCC(OC(=O)c2ccc([N+](=O)[O-])cc2)c2ccccc2)NC(C)=C(C(=O)OC)C1c1cccc([N+](=O)[O-])c1. The standard InChI is InChI=1S/C33H31N3O10/c1-4-45-33(39)30-26(34-20(2)28(32(38)44-3)29(30)23-11-8-12-25(19-23)36(42)43)17-18-27(21-9-6-5-7-10-21)46-31(37)22-13-15-24(16-14-22)35(40)41/h5-16,19,27,29,34H,4,17-18H2,1-3H3. The van der Waals surface area contributed by atoms with Gasteiger partial charge in [0.05, 0.1) is 46.2 Å². The summed E-state index contributed by atoms with van der Waals surface area (Å²) in [5.41, 5.74) is 1.54. The molecule has 13 nitrogen and oxygen atoms in total. The van der Waals surface area contributed by atoms with Crippen LogP contribution in [0.1, 0.15) is 60.2 Å². The minimum atomic E-state index is -1.07. The fourth-order valence-electron chi connectivity index (χ4n) is 5.23. The summed E-state index contributed by atoms with van der Waals surface area (Å²) in [5, 5.41) is 25.8. The van der Waals surface area contributed by atoms with Crippen molar-refractivity contribution in [1.82, 2.24) is 5.32 Å². The van der Waals surface area contributed by atoms with E-state index in [2.05, 4.69) is 5.32 Å². The average Bonchev–Trinajstić information content (AvgIpc) is 3.06. The highest BCUT2D eigenvalue weighted by molar-refractivity contribution is 6.00. The molecule has 4 rings (SSSR count). The van der Waals surface area contributed by atoms with Gasteiger partial charge in [-0.3, -0.25) is 20.2 Å². The number of carbonyl (C=O) groups is 3. The molecule has 1 aliphatic rings. The van der Waals surface area contributed by atoms with Crippen LogP contribution in [-0.2, 0) is 23.8 Å². The molecule has 1 aliphatic heterocycles. The summed E-state index contributed by atoms with van der Waals surface area (Å²) < 4.78 is 16.3. The van der Waals surface area contributed by atoms with Crippen LogP contribution in [0.15, 0.2) is 101 Å². The molecular formula is C33H31N3O10. The Morgan fingerprint density at radius 2 is 1.52 bits per heavy atom. The number of rotatable bonds is 12. The summed E-state index contributed by atoms with van der Waals surface area (Å²) in [7, 11) is 1.19. The maximum absolute atomic E-state index is 13.6. The second-order valence-electron chi connectivity index (χ2n) is 10.2. The van der Waals surface area contributed by atoms with E-state index in [1.165, 1.54) is 49.6 Å². The zero-order valence-corrected chi connectivity index (χ0v) is 25.3. The molecule has 46 heavy (non-hydrogen) atoms. The van der Waals surface area contributed by atoms with Crippen LogP contribution in [0.5, 0.6) is 0 Å². The number of nitrogens with zero attached hydrogens (tertiary/aromatic N) is 2. The van der Waals surface area contributed by atoms with Gasteiger partial charge in [0.15, 0.2) is 0 Å². The minimum absolute atomic E-state index is 0.0208. The Morgan fingerprint density at radius 1 is 0.848 bits per heavy atom. The Morgan fingerprint density at radius 3 is 2.13 bits per heavy atom. The van der Waals surface area contributed by atoms with Crippen molar-refractivity contribution in [2.45, 2.75) is 38.7 Å². The molecule has 3 aromatic carbocycles. The third-order valence-electron chi connectivity index (χ3n) is 7.35. The first-order chi connectivity index (χ1) is 22.0. The Balaban J connectivity index is 1.76. The number of hydrogen-bond acceptors (Lipinski definition) is 11. The second-order valence-corrected chi connectivity index (χ2v) is 10.2. The first-order valence-electron chi connectivity index (χ1n) is 14.3. The Labute approximate surface area is 263 Å². The van der Waals surface area contributed by atoms with E-state index in [-0.39, 0.29) is 47.5 Å². The van der Waals surface area contributed by atoms with Gasteiger partial charge < -0.3 is 19.5 Å². The second kappa shape index (κ2) is 14.8. The number of carbonyl (C=O) groups excluding carboxylic acids is 3. The topological polar surface area (TPSA) is 177 Å². The van der Waals surface area contributed by atoms with Crippen LogP contribution >= 0.6 is 0 Å². The summed E-state index contributed by atoms with van der Waals surface area (Å²) in [6, 6.07) is 19.6. The fourth-order valence-corrected chi connectivity index (χ4v) is 5.23. The van der Waals surface area contributed by atoms with E-state index in [0.29, 0.717) is 22.5 Å². The Bertz CT molecular complexity index is 1710. The third kappa shape index (κ3) is 7.44. The highest BCUT2D eigenvalue weighted by Gasteiger charge is 2.39. The number of benzene rings is 3. The summed E-state index contributed by atoms with van der Waals surface area (Å²) in [5.74, 6) is -3.25. The van der Waals surface area contributed by atoms with Gasteiger partial charge >= 0.3 is 17.9 Å². The number of non-ortho nitro benzene ring substituents is 2. The van der Waals surface area contributed by atoms with Gasteiger partial charge in [-0.05, 0) is 49.9 Å². The number of allylic oxidation sites excluding steroid dienone is 2. The van der Waals surface area contributed by atoms with Gasteiger partial charge in [-0.25, -0.2) is 14.4 Å². The van der Waals surface area contributed by atoms with Crippen molar-refractivity contribution in [1.29, 1.82) is 0 Å². The smallest absolute Gasteiger partial charge is 0.338 e. The molecule has 3 aromatic rings. The van der Waals surface area contributed by atoms with Crippen molar-refractivity contribution >= 4 is 29.3 Å². The zero-order chi connectivity index (χ0) is 33.4. The molecule has 0 aromatic heterocycles. The van der Waals surface area contributed by atoms with Crippen molar-refractivity contribution < 1.29 is 38.4 Å². The monoisotopic (exact) mass is 629 g/mol. The molecule has 0 spiro atoms. The third-order valence-corrected chi connectivity index (χ3v) is 7.35. The highest BCUT2D eigenvalue weighted by atomic mass is 16.6. The van der Waals surface area contributed by atoms with E-state index in [0.717, 1.165) is 0 Å². The Kier molecular flexibility index (Phi) is 10.6. The van der Waals surface area contributed by atoms with Crippen LogP contribution in [0.2, 0.25) is 0 Å². The first kappa shape index (κ1) is 33.1. The molecule has 0 saturated heterocycles. The van der Waals surface area contributed by atoms with Gasteiger partial charge in [-0.2, -0.15) is 0 Å². The lowest BCUT2D eigenvalue weighted by Gasteiger charge is -2.32. The molecule has 2 atom stereocenters. The van der Waals surface area contributed by atoms with E-state index in [9.17, 15) is 34.6 Å². The zero-order valence-electron chi connectivity index (χ0n) is 25.3. The maximum atomic E-state index is 13.6. The molecule has 2 unspecified atom stereocenters. The van der Waals surface area contributed by atoms with Gasteiger partial charge in [0.1, 0.15) is 6.10 Å². The molecule has 238 valence electrons. The number of ether oxygens (including phenoxy) is 3. The van der Waals surface area contributed by atoms with Crippen LogP contribution in [0, 0.1) is 20.2 Å². The van der Waals surface area contributed by atoms with Crippen LogP contribution in [0.4, 0.5) is 11.4 Å². The predicted molar refractivity (Wildman–Crippen MR) is 164 cm³/mol. The number of esters is 3. The number of dihydropyridines is 1. The molecule has 0 aliphatic carbocycles. The molecule has 1 N–H and O–H groups in total. The molecule has 1 heterocycles. The lowest BCUT2D eigenvalue weighted by Crippen LogP contribution is -2.33.